The molecule has 0 saturated carbocycles. The molecular formula is C15H17ClN2O2S. The van der Waals surface area contributed by atoms with Gasteiger partial charge in [-0.05, 0) is 31.2 Å². The van der Waals surface area contributed by atoms with Crippen molar-refractivity contribution in [2.45, 2.75) is 19.4 Å². The Labute approximate surface area is 132 Å². The lowest BCUT2D eigenvalue weighted by Gasteiger charge is -2.17. The number of amides is 1. The highest BCUT2D eigenvalue weighted by atomic mass is 35.5. The van der Waals surface area contributed by atoms with Gasteiger partial charge in [-0.1, -0.05) is 23.7 Å². The lowest BCUT2D eigenvalue weighted by molar-refractivity contribution is -0.118. The summed E-state index contributed by atoms with van der Waals surface area (Å²) >= 11 is 7.50. The second kappa shape index (κ2) is 7.33. The van der Waals surface area contributed by atoms with Crippen LogP contribution in [0.2, 0.25) is 4.34 Å². The number of nitrogens with one attached hydrogen (secondary N) is 1. The van der Waals surface area contributed by atoms with E-state index in [0.29, 0.717) is 5.75 Å². The minimum atomic E-state index is -0.373. The molecule has 3 N–H and O–H groups in total. The van der Waals surface area contributed by atoms with Crippen molar-refractivity contribution in [3.63, 3.8) is 0 Å². The van der Waals surface area contributed by atoms with Crippen LogP contribution in [0.3, 0.4) is 0 Å². The molecule has 0 aliphatic heterocycles. The number of rotatable bonds is 7. The van der Waals surface area contributed by atoms with Crippen molar-refractivity contribution < 1.29 is 9.53 Å². The van der Waals surface area contributed by atoms with Crippen molar-refractivity contribution in [3.05, 3.63) is 45.6 Å². The third kappa shape index (κ3) is 4.65. The van der Waals surface area contributed by atoms with Gasteiger partial charge < -0.3 is 15.8 Å². The number of anilines is 1. The minimum absolute atomic E-state index is 0.114. The number of primary amides is 1. The zero-order valence-corrected chi connectivity index (χ0v) is 13.2. The lowest BCUT2D eigenvalue weighted by atomic mass is 10.2. The minimum Gasteiger partial charge on any atom is -0.491 e. The van der Waals surface area contributed by atoms with Gasteiger partial charge in [0.1, 0.15) is 5.75 Å². The molecule has 1 aromatic carbocycles. The third-order valence-electron chi connectivity index (χ3n) is 2.89. The Morgan fingerprint density at radius 1 is 1.38 bits per heavy atom. The molecular weight excluding hydrogens is 308 g/mol. The van der Waals surface area contributed by atoms with Crippen LogP contribution >= 0.6 is 22.9 Å². The van der Waals surface area contributed by atoms with Gasteiger partial charge in [0.2, 0.25) is 5.91 Å². The molecule has 0 fully saturated rings. The van der Waals surface area contributed by atoms with E-state index >= 15 is 0 Å². The third-order valence-corrected chi connectivity index (χ3v) is 4.30. The molecule has 1 amide bonds. The van der Waals surface area contributed by atoms with Gasteiger partial charge >= 0.3 is 0 Å². The monoisotopic (exact) mass is 324 g/mol. The van der Waals surface area contributed by atoms with Gasteiger partial charge in [-0.3, -0.25) is 4.79 Å². The number of hydrogen-bond acceptors (Lipinski definition) is 4. The Morgan fingerprint density at radius 3 is 2.81 bits per heavy atom. The number of ether oxygens (including phenoxy) is 1. The van der Waals surface area contributed by atoms with Crippen molar-refractivity contribution in [1.29, 1.82) is 0 Å². The molecule has 0 bridgehead atoms. The number of thiophene rings is 1. The van der Waals surface area contributed by atoms with E-state index in [1.165, 1.54) is 0 Å². The number of carbonyl (C=O) groups excluding carboxylic acids is 1. The maximum absolute atomic E-state index is 10.8. The summed E-state index contributed by atoms with van der Waals surface area (Å²) in [6, 6.07) is 11.6. The van der Waals surface area contributed by atoms with E-state index in [9.17, 15) is 4.79 Å². The molecule has 0 aliphatic carbocycles. The lowest BCUT2D eigenvalue weighted by Crippen LogP contribution is -2.15. The van der Waals surface area contributed by atoms with Crippen LogP contribution in [-0.2, 0) is 4.79 Å². The van der Waals surface area contributed by atoms with Crippen molar-refractivity contribution in [1.82, 2.24) is 0 Å². The normalized spacial score (nSPS) is 11.9. The van der Waals surface area contributed by atoms with Crippen LogP contribution in [0, 0.1) is 0 Å². The molecule has 0 spiro atoms. The van der Waals surface area contributed by atoms with Crippen molar-refractivity contribution in [2.75, 3.05) is 11.9 Å². The molecule has 4 nitrogen and oxygen atoms in total. The number of nitrogens with two attached hydrogens (primary N) is 1. The number of carbonyl (C=O) groups is 1. The first-order valence-electron chi connectivity index (χ1n) is 6.58. The van der Waals surface area contributed by atoms with Crippen LogP contribution in [0.15, 0.2) is 36.4 Å². The van der Waals surface area contributed by atoms with Gasteiger partial charge in [0.15, 0.2) is 0 Å². The number of halogens is 1. The predicted octanol–water partition coefficient (Wildman–Crippen LogP) is 3.83. The number of hydrogen-bond donors (Lipinski definition) is 2. The Balaban J connectivity index is 2.03. The Morgan fingerprint density at radius 2 is 2.14 bits per heavy atom. The quantitative estimate of drug-likeness (QED) is 0.813. The van der Waals surface area contributed by atoms with Gasteiger partial charge in [0.05, 0.1) is 29.1 Å². The highest BCUT2D eigenvalue weighted by Gasteiger charge is 2.11. The molecule has 2 rings (SSSR count). The van der Waals surface area contributed by atoms with E-state index in [1.807, 2.05) is 36.4 Å². The summed E-state index contributed by atoms with van der Waals surface area (Å²) in [4.78, 5) is 11.9. The summed E-state index contributed by atoms with van der Waals surface area (Å²) in [6.45, 7) is 2.33. The van der Waals surface area contributed by atoms with Gasteiger partial charge in [0, 0.05) is 4.88 Å². The largest absolute Gasteiger partial charge is 0.491 e. The summed E-state index contributed by atoms with van der Waals surface area (Å²) in [5.74, 6) is 0.329. The van der Waals surface area contributed by atoms with Crippen LogP contribution in [-0.4, -0.2) is 12.5 Å². The van der Waals surface area contributed by atoms with Gasteiger partial charge in [-0.2, -0.15) is 0 Å². The molecule has 0 aliphatic rings. The molecule has 112 valence electrons. The van der Waals surface area contributed by atoms with Crippen molar-refractivity contribution in [2.24, 2.45) is 5.73 Å². The molecule has 0 radical (unpaired) electrons. The van der Waals surface area contributed by atoms with Crippen LogP contribution in [0.25, 0.3) is 0 Å². The predicted molar refractivity (Wildman–Crippen MR) is 87.1 cm³/mol. The average molecular weight is 325 g/mol. The fourth-order valence-corrected chi connectivity index (χ4v) is 2.90. The van der Waals surface area contributed by atoms with E-state index < -0.39 is 0 Å². The summed E-state index contributed by atoms with van der Waals surface area (Å²) in [5.41, 5.74) is 5.98. The van der Waals surface area contributed by atoms with Crippen LogP contribution in [0.1, 0.15) is 24.3 Å². The first kappa shape index (κ1) is 15.7. The second-order valence-electron chi connectivity index (χ2n) is 4.57. The van der Waals surface area contributed by atoms with E-state index in [1.54, 1.807) is 11.3 Å². The Kier molecular flexibility index (Phi) is 5.47. The van der Waals surface area contributed by atoms with Gasteiger partial charge in [-0.25, -0.2) is 0 Å². The average Bonchev–Trinajstić information content (AvgIpc) is 2.87. The standard InChI is InChI=1S/C15H17ClN2O2S/c1-10(13-6-7-14(16)21-13)18-11-4-2-3-5-12(11)20-9-8-15(17)19/h2-7,10,18H,8-9H2,1H3,(H2,17,19). The number of benzene rings is 1. The second-order valence-corrected chi connectivity index (χ2v) is 6.32. The highest BCUT2D eigenvalue weighted by Crippen LogP contribution is 2.32. The number of para-hydroxylation sites is 2. The van der Waals surface area contributed by atoms with Crippen LogP contribution in [0.5, 0.6) is 5.75 Å². The summed E-state index contributed by atoms with van der Waals surface area (Å²) < 4.78 is 6.37. The molecule has 1 heterocycles. The SMILES string of the molecule is CC(Nc1ccccc1OCCC(N)=O)c1ccc(Cl)s1. The van der Waals surface area contributed by atoms with E-state index in [2.05, 4.69) is 12.2 Å². The van der Waals surface area contributed by atoms with Crippen molar-refractivity contribution >= 4 is 34.5 Å². The molecule has 1 unspecified atom stereocenters. The van der Waals surface area contributed by atoms with Crippen LogP contribution in [0.4, 0.5) is 5.69 Å². The molecule has 6 heteroatoms. The molecule has 1 aromatic heterocycles. The molecule has 2 aromatic rings. The fourth-order valence-electron chi connectivity index (χ4n) is 1.84. The van der Waals surface area contributed by atoms with Gasteiger partial charge in [-0.15, -0.1) is 11.3 Å². The van der Waals surface area contributed by atoms with E-state index in [-0.39, 0.29) is 25.0 Å². The van der Waals surface area contributed by atoms with Crippen molar-refractivity contribution in [3.8, 4) is 5.75 Å². The summed E-state index contributed by atoms with van der Waals surface area (Å²) in [7, 11) is 0. The molecule has 1 atom stereocenters. The zero-order chi connectivity index (χ0) is 15.2. The first-order valence-corrected chi connectivity index (χ1v) is 7.77. The smallest absolute Gasteiger partial charge is 0.220 e. The summed E-state index contributed by atoms with van der Waals surface area (Å²) in [5, 5.41) is 3.39. The fraction of sp³-hybridized carbons (Fsp3) is 0.267. The highest BCUT2D eigenvalue weighted by molar-refractivity contribution is 7.16. The maximum atomic E-state index is 10.8. The molecule has 21 heavy (non-hydrogen) atoms. The Hall–Kier alpha value is -1.72. The van der Waals surface area contributed by atoms with Crippen LogP contribution < -0.4 is 15.8 Å². The zero-order valence-electron chi connectivity index (χ0n) is 11.6. The molecule has 0 saturated heterocycles. The topological polar surface area (TPSA) is 64.3 Å². The summed E-state index contributed by atoms with van der Waals surface area (Å²) in [6.07, 6.45) is 0.199. The maximum Gasteiger partial charge on any atom is 0.220 e. The Bertz CT molecular complexity index is 615. The van der Waals surface area contributed by atoms with Gasteiger partial charge in [0.25, 0.3) is 0 Å². The van der Waals surface area contributed by atoms with E-state index in [0.717, 1.165) is 14.9 Å². The van der Waals surface area contributed by atoms with E-state index in [4.69, 9.17) is 22.1 Å². The first-order chi connectivity index (χ1) is 10.1.